The Labute approximate surface area is 84.3 Å². The van der Waals surface area contributed by atoms with E-state index in [0.29, 0.717) is 11.5 Å². The molecule has 0 atom stereocenters. The fraction of sp³-hybridized carbons (Fsp3) is 0.100. The summed E-state index contributed by atoms with van der Waals surface area (Å²) in [5, 5.41) is 0. The topological polar surface area (TPSA) is 35.3 Å². The summed E-state index contributed by atoms with van der Waals surface area (Å²) in [6.45, 7) is -2.81. The number of hydrogen-bond donors (Lipinski definition) is 0. The van der Waals surface area contributed by atoms with Crippen molar-refractivity contribution >= 4 is 0 Å². The first-order valence-corrected chi connectivity index (χ1v) is 4.20. The fourth-order valence-electron chi connectivity index (χ4n) is 1.14. The van der Waals surface area contributed by atoms with E-state index in [9.17, 15) is 8.78 Å². The Kier molecular flexibility index (Phi) is 2.62. The lowest BCUT2D eigenvalue weighted by molar-refractivity contribution is -0.0498. The molecule has 0 unspecified atom stereocenters. The van der Waals surface area contributed by atoms with Gasteiger partial charge in [-0.25, -0.2) is 4.98 Å². The van der Waals surface area contributed by atoms with E-state index in [1.54, 1.807) is 12.1 Å². The van der Waals surface area contributed by atoms with Gasteiger partial charge in [0.05, 0.1) is 6.20 Å². The third-order valence-electron chi connectivity index (χ3n) is 1.76. The molecule has 0 spiro atoms. The van der Waals surface area contributed by atoms with Crippen LogP contribution in [-0.4, -0.2) is 11.6 Å². The van der Waals surface area contributed by atoms with Crippen molar-refractivity contribution in [3.63, 3.8) is 0 Å². The van der Waals surface area contributed by atoms with Gasteiger partial charge >= 0.3 is 6.61 Å². The van der Waals surface area contributed by atoms with E-state index in [1.165, 1.54) is 24.6 Å². The summed E-state index contributed by atoms with van der Waals surface area (Å²) in [6.07, 6.45) is 2.96. The fourth-order valence-corrected chi connectivity index (χ4v) is 1.14. The van der Waals surface area contributed by atoms with Gasteiger partial charge in [0.2, 0.25) is 5.89 Å². The third-order valence-corrected chi connectivity index (χ3v) is 1.76. The van der Waals surface area contributed by atoms with Crippen molar-refractivity contribution in [2.45, 2.75) is 6.61 Å². The summed E-state index contributed by atoms with van der Waals surface area (Å²) >= 11 is 0. The molecular weight excluding hydrogens is 204 g/mol. The second kappa shape index (κ2) is 4.08. The zero-order valence-corrected chi connectivity index (χ0v) is 7.56. The van der Waals surface area contributed by atoms with Gasteiger partial charge in [-0.2, -0.15) is 8.78 Å². The third kappa shape index (κ3) is 2.31. The number of rotatable bonds is 3. The van der Waals surface area contributed by atoms with Crippen molar-refractivity contribution < 1.29 is 17.9 Å². The van der Waals surface area contributed by atoms with E-state index >= 15 is 0 Å². The molecule has 0 bridgehead atoms. The van der Waals surface area contributed by atoms with Crippen molar-refractivity contribution in [2.24, 2.45) is 0 Å². The summed E-state index contributed by atoms with van der Waals surface area (Å²) in [4.78, 5) is 3.92. The van der Waals surface area contributed by atoms with Crippen LogP contribution in [0.15, 0.2) is 41.1 Å². The van der Waals surface area contributed by atoms with E-state index in [2.05, 4.69) is 9.72 Å². The molecule has 0 aliphatic heterocycles. The molecule has 1 heterocycles. The van der Waals surface area contributed by atoms with Crippen LogP contribution in [-0.2, 0) is 0 Å². The Hall–Kier alpha value is -1.91. The number of nitrogens with zero attached hydrogens (tertiary/aromatic N) is 1. The maximum absolute atomic E-state index is 11.8. The lowest BCUT2D eigenvalue weighted by Crippen LogP contribution is -2.01. The summed E-state index contributed by atoms with van der Waals surface area (Å²) < 4.78 is 32.9. The van der Waals surface area contributed by atoms with E-state index < -0.39 is 6.61 Å². The van der Waals surface area contributed by atoms with Gasteiger partial charge in [-0.15, -0.1) is 0 Å². The highest BCUT2D eigenvalue weighted by Gasteiger charge is 2.05. The molecule has 3 nitrogen and oxygen atoms in total. The minimum Gasteiger partial charge on any atom is -0.445 e. The summed E-state index contributed by atoms with van der Waals surface area (Å²) in [6, 6.07) is 6.07. The molecule has 0 aliphatic rings. The second-order valence-corrected chi connectivity index (χ2v) is 2.74. The van der Waals surface area contributed by atoms with Crippen LogP contribution >= 0.6 is 0 Å². The van der Waals surface area contributed by atoms with Crippen LogP contribution in [0.2, 0.25) is 0 Å². The molecule has 2 aromatic rings. The minimum absolute atomic E-state index is 0.111. The van der Waals surface area contributed by atoms with Crippen LogP contribution in [0.5, 0.6) is 5.75 Å². The van der Waals surface area contributed by atoms with Gasteiger partial charge in [-0.05, 0) is 24.3 Å². The van der Waals surface area contributed by atoms with E-state index in [0.717, 1.165) is 0 Å². The Bertz CT molecular complexity index is 411. The molecule has 0 fully saturated rings. The molecule has 0 amide bonds. The number of halogens is 2. The van der Waals surface area contributed by atoms with Crippen LogP contribution in [0, 0.1) is 0 Å². The Morgan fingerprint density at radius 1 is 1.20 bits per heavy atom. The van der Waals surface area contributed by atoms with Crippen LogP contribution in [0.3, 0.4) is 0 Å². The van der Waals surface area contributed by atoms with Crippen LogP contribution in [0.1, 0.15) is 0 Å². The molecule has 78 valence electrons. The van der Waals surface area contributed by atoms with Crippen molar-refractivity contribution in [1.82, 2.24) is 4.98 Å². The van der Waals surface area contributed by atoms with Gasteiger partial charge < -0.3 is 9.15 Å². The molecule has 1 aromatic carbocycles. The highest BCUT2D eigenvalue weighted by Crippen LogP contribution is 2.21. The van der Waals surface area contributed by atoms with Gasteiger partial charge in [0.15, 0.2) is 0 Å². The standard InChI is InChI=1S/C10H7F2NO2/c11-10(12)15-8-3-1-7(2-4-8)9-13-5-6-14-9/h1-6,10H. The normalized spacial score (nSPS) is 10.6. The van der Waals surface area contributed by atoms with Crippen molar-refractivity contribution in [1.29, 1.82) is 0 Å². The lowest BCUT2D eigenvalue weighted by Gasteiger charge is -2.03. The van der Waals surface area contributed by atoms with Crippen molar-refractivity contribution in [3.8, 4) is 17.2 Å². The molecule has 0 saturated heterocycles. The predicted molar refractivity (Wildman–Crippen MR) is 48.6 cm³/mol. The highest BCUT2D eigenvalue weighted by molar-refractivity contribution is 5.54. The average molecular weight is 211 g/mol. The number of alkyl halides is 2. The van der Waals surface area contributed by atoms with Crippen LogP contribution < -0.4 is 4.74 Å². The average Bonchev–Trinajstić information content (AvgIpc) is 2.71. The number of benzene rings is 1. The lowest BCUT2D eigenvalue weighted by atomic mass is 10.2. The zero-order valence-electron chi connectivity index (χ0n) is 7.56. The molecule has 0 radical (unpaired) electrons. The summed E-state index contributed by atoms with van der Waals surface area (Å²) in [7, 11) is 0. The molecule has 1 aromatic heterocycles. The largest absolute Gasteiger partial charge is 0.445 e. The summed E-state index contributed by atoms with van der Waals surface area (Å²) in [5.41, 5.74) is 0.710. The first-order valence-electron chi connectivity index (χ1n) is 4.20. The molecule has 15 heavy (non-hydrogen) atoms. The Balaban J connectivity index is 2.17. The smallest absolute Gasteiger partial charge is 0.387 e. The van der Waals surface area contributed by atoms with Gasteiger partial charge in [-0.1, -0.05) is 0 Å². The van der Waals surface area contributed by atoms with Gasteiger partial charge in [-0.3, -0.25) is 0 Å². The molecule has 0 aliphatic carbocycles. The first kappa shape index (κ1) is 9.64. The van der Waals surface area contributed by atoms with E-state index in [1.807, 2.05) is 0 Å². The predicted octanol–water partition coefficient (Wildman–Crippen LogP) is 2.94. The molecule has 5 heteroatoms. The second-order valence-electron chi connectivity index (χ2n) is 2.74. The van der Waals surface area contributed by atoms with E-state index in [-0.39, 0.29) is 5.75 Å². The molecule has 0 saturated carbocycles. The summed E-state index contributed by atoms with van der Waals surface area (Å²) in [5.74, 6) is 0.555. The zero-order chi connectivity index (χ0) is 10.7. The van der Waals surface area contributed by atoms with Crippen molar-refractivity contribution in [2.75, 3.05) is 0 Å². The van der Waals surface area contributed by atoms with Crippen molar-refractivity contribution in [3.05, 3.63) is 36.7 Å². The number of hydrogen-bond acceptors (Lipinski definition) is 3. The minimum atomic E-state index is -2.81. The van der Waals surface area contributed by atoms with Crippen LogP contribution in [0.25, 0.3) is 11.5 Å². The maximum Gasteiger partial charge on any atom is 0.387 e. The van der Waals surface area contributed by atoms with E-state index in [4.69, 9.17) is 4.42 Å². The highest BCUT2D eigenvalue weighted by atomic mass is 19.3. The number of oxazole rings is 1. The van der Waals surface area contributed by atoms with Gasteiger partial charge in [0.1, 0.15) is 12.0 Å². The molecular formula is C10H7F2NO2. The monoisotopic (exact) mass is 211 g/mol. The number of aromatic nitrogens is 1. The molecule has 2 rings (SSSR count). The van der Waals surface area contributed by atoms with Gasteiger partial charge in [0, 0.05) is 5.56 Å². The Morgan fingerprint density at radius 3 is 2.47 bits per heavy atom. The SMILES string of the molecule is FC(F)Oc1ccc(-c2ncco2)cc1. The molecule has 0 N–H and O–H groups in total. The number of ether oxygens (including phenoxy) is 1. The first-order chi connectivity index (χ1) is 7.25. The Morgan fingerprint density at radius 2 is 1.93 bits per heavy atom. The van der Waals surface area contributed by atoms with Crippen LogP contribution in [0.4, 0.5) is 8.78 Å². The maximum atomic E-state index is 11.8. The quantitative estimate of drug-likeness (QED) is 0.782. The van der Waals surface area contributed by atoms with Gasteiger partial charge in [0.25, 0.3) is 0 Å².